The number of rotatable bonds is 3. The fourth-order valence-electron chi connectivity index (χ4n) is 2.21. The van der Waals surface area contributed by atoms with E-state index in [1.165, 1.54) is 32.1 Å². The number of nitrogens with two attached hydrogens (primary N) is 1. The van der Waals surface area contributed by atoms with E-state index in [1.54, 1.807) is 0 Å². The molecule has 1 aliphatic carbocycles. The summed E-state index contributed by atoms with van der Waals surface area (Å²) in [4.78, 5) is 0. The van der Waals surface area contributed by atoms with Crippen LogP contribution in [-0.4, -0.2) is 6.04 Å². The number of hydrogen-bond acceptors (Lipinski definition) is 1. The van der Waals surface area contributed by atoms with E-state index in [-0.39, 0.29) is 0 Å². The van der Waals surface area contributed by atoms with Gasteiger partial charge >= 0.3 is 0 Å². The van der Waals surface area contributed by atoms with Gasteiger partial charge in [0.25, 0.3) is 0 Å². The van der Waals surface area contributed by atoms with Gasteiger partial charge in [0.2, 0.25) is 0 Å². The van der Waals surface area contributed by atoms with E-state index < -0.39 is 0 Å². The molecule has 1 fully saturated rings. The van der Waals surface area contributed by atoms with Gasteiger partial charge in [-0.3, -0.25) is 0 Å². The quantitative estimate of drug-likeness (QED) is 0.666. The highest BCUT2D eigenvalue weighted by molar-refractivity contribution is 4.80. The van der Waals surface area contributed by atoms with Crippen LogP contribution < -0.4 is 5.73 Å². The van der Waals surface area contributed by atoms with E-state index in [0.29, 0.717) is 6.04 Å². The highest BCUT2D eigenvalue weighted by Gasteiger charge is 2.25. The molecule has 0 spiro atoms. The highest BCUT2D eigenvalue weighted by Crippen LogP contribution is 2.32. The van der Waals surface area contributed by atoms with Crippen molar-refractivity contribution in [3.05, 3.63) is 0 Å². The second-order valence-corrected chi connectivity index (χ2v) is 4.13. The van der Waals surface area contributed by atoms with E-state index in [0.717, 1.165) is 11.8 Å². The van der Waals surface area contributed by atoms with Gasteiger partial charge in [-0.25, -0.2) is 0 Å². The van der Waals surface area contributed by atoms with E-state index in [2.05, 4.69) is 13.8 Å². The molecule has 3 unspecified atom stereocenters. The van der Waals surface area contributed by atoms with Crippen LogP contribution in [0.4, 0.5) is 0 Å². The molecule has 0 aliphatic heterocycles. The minimum absolute atomic E-state index is 0.491. The highest BCUT2D eigenvalue weighted by atomic mass is 14.7. The first-order chi connectivity index (χ1) is 5.24. The summed E-state index contributed by atoms with van der Waals surface area (Å²) in [5.74, 6) is 1.77. The molecule has 0 radical (unpaired) electrons. The summed E-state index contributed by atoms with van der Waals surface area (Å²) in [7, 11) is 0. The molecule has 1 heteroatoms. The molecule has 11 heavy (non-hydrogen) atoms. The SMILES string of the molecule is CCCC(N)C1CCC(C)C1. The van der Waals surface area contributed by atoms with Crippen molar-refractivity contribution < 1.29 is 0 Å². The van der Waals surface area contributed by atoms with Crippen molar-refractivity contribution in [3.8, 4) is 0 Å². The van der Waals surface area contributed by atoms with Crippen LogP contribution in [0.3, 0.4) is 0 Å². The summed E-state index contributed by atoms with van der Waals surface area (Å²) in [6.07, 6.45) is 6.62. The summed E-state index contributed by atoms with van der Waals surface area (Å²) in [5.41, 5.74) is 6.05. The standard InChI is InChI=1S/C10H21N/c1-3-4-10(11)9-6-5-8(2)7-9/h8-10H,3-7,11H2,1-2H3. The Morgan fingerprint density at radius 1 is 1.45 bits per heavy atom. The van der Waals surface area contributed by atoms with E-state index in [9.17, 15) is 0 Å². The molecule has 0 heterocycles. The van der Waals surface area contributed by atoms with Gasteiger partial charge in [-0.1, -0.05) is 26.7 Å². The predicted molar refractivity (Wildman–Crippen MR) is 49.4 cm³/mol. The van der Waals surface area contributed by atoms with Gasteiger partial charge < -0.3 is 5.73 Å². The van der Waals surface area contributed by atoms with Crippen molar-refractivity contribution in [2.45, 2.75) is 52.0 Å². The van der Waals surface area contributed by atoms with Crippen molar-refractivity contribution in [2.75, 3.05) is 0 Å². The average Bonchev–Trinajstić information content (AvgIpc) is 2.36. The lowest BCUT2D eigenvalue weighted by Crippen LogP contribution is -2.28. The molecule has 0 aromatic rings. The van der Waals surface area contributed by atoms with Gasteiger partial charge in [0.05, 0.1) is 0 Å². The monoisotopic (exact) mass is 155 g/mol. The first kappa shape index (κ1) is 9.05. The number of hydrogen-bond donors (Lipinski definition) is 1. The summed E-state index contributed by atoms with van der Waals surface area (Å²) in [6, 6.07) is 0.491. The first-order valence-corrected chi connectivity index (χ1v) is 4.99. The first-order valence-electron chi connectivity index (χ1n) is 4.99. The zero-order valence-electron chi connectivity index (χ0n) is 7.84. The van der Waals surface area contributed by atoms with E-state index in [1.807, 2.05) is 0 Å². The maximum Gasteiger partial charge on any atom is 0.00671 e. The van der Waals surface area contributed by atoms with Crippen LogP contribution in [0.1, 0.15) is 46.0 Å². The molecule has 0 saturated heterocycles. The fraction of sp³-hybridized carbons (Fsp3) is 1.00. The Kier molecular flexibility index (Phi) is 3.38. The third-order valence-corrected chi connectivity index (χ3v) is 2.96. The molecule has 0 bridgehead atoms. The van der Waals surface area contributed by atoms with E-state index >= 15 is 0 Å². The normalized spacial score (nSPS) is 34.1. The lowest BCUT2D eigenvalue weighted by Gasteiger charge is -2.17. The molecule has 0 aromatic carbocycles. The van der Waals surface area contributed by atoms with Gasteiger partial charge in [-0.2, -0.15) is 0 Å². The van der Waals surface area contributed by atoms with Crippen molar-refractivity contribution in [3.63, 3.8) is 0 Å². The van der Waals surface area contributed by atoms with Crippen LogP contribution in [0.25, 0.3) is 0 Å². The minimum atomic E-state index is 0.491. The molecule has 0 amide bonds. The van der Waals surface area contributed by atoms with Crippen molar-refractivity contribution in [2.24, 2.45) is 17.6 Å². The van der Waals surface area contributed by atoms with Crippen LogP contribution >= 0.6 is 0 Å². The third-order valence-electron chi connectivity index (χ3n) is 2.96. The predicted octanol–water partition coefficient (Wildman–Crippen LogP) is 2.55. The van der Waals surface area contributed by atoms with Gasteiger partial charge in [0, 0.05) is 6.04 Å². The molecular formula is C10H21N. The summed E-state index contributed by atoms with van der Waals surface area (Å²) >= 11 is 0. The largest absolute Gasteiger partial charge is 0.327 e. The lowest BCUT2D eigenvalue weighted by molar-refractivity contribution is 0.395. The second kappa shape index (κ2) is 4.10. The molecular weight excluding hydrogens is 134 g/mol. The van der Waals surface area contributed by atoms with Crippen molar-refractivity contribution in [1.29, 1.82) is 0 Å². The van der Waals surface area contributed by atoms with Crippen LogP contribution in [0.2, 0.25) is 0 Å². The Morgan fingerprint density at radius 3 is 2.64 bits per heavy atom. The topological polar surface area (TPSA) is 26.0 Å². The van der Waals surface area contributed by atoms with Crippen LogP contribution in [0.5, 0.6) is 0 Å². The van der Waals surface area contributed by atoms with Crippen molar-refractivity contribution in [1.82, 2.24) is 0 Å². The molecule has 1 rings (SSSR count). The molecule has 3 atom stereocenters. The maximum absolute atomic E-state index is 6.05. The fourth-order valence-corrected chi connectivity index (χ4v) is 2.21. The third kappa shape index (κ3) is 2.48. The molecule has 2 N–H and O–H groups in total. The molecule has 1 nitrogen and oxygen atoms in total. The Bertz CT molecular complexity index is 111. The molecule has 1 saturated carbocycles. The summed E-state index contributed by atoms with van der Waals surface area (Å²) < 4.78 is 0. The zero-order valence-corrected chi connectivity index (χ0v) is 7.84. The summed E-state index contributed by atoms with van der Waals surface area (Å²) in [5, 5.41) is 0. The Morgan fingerprint density at radius 2 is 2.18 bits per heavy atom. The van der Waals surface area contributed by atoms with Crippen LogP contribution in [0.15, 0.2) is 0 Å². The Balaban J connectivity index is 2.25. The van der Waals surface area contributed by atoms with Crippen LogP contribution in [0, 0.1) is 11.8 Å². The van der Waals surface area contributed by atoms with E-state index in [4.69, 9.17) is 5.73 Å². The molecule has 1 aliphatic rings. The van der Waals surface area contributed by atoms with Gasteiger partial charge in [-0.05, 0) is 31.1 Å². The van der Waals surface area contributed by atoms with Gasteiger partial charge in [0.15, 0.2) is 0 Å². The maximum atomic E-state index is 6.05. The Hall–Kier alpha value is -0.0400. The van der Waals surface area contributed by atoms with Crippen molar-refractivity contribution >= 4 is 0 Å². The zero-order chi connectivity index (χ0) is 8.27. The average molecular weight is 155 g/mol. The van der Waals surface area contributed by atoms with Gasteiger partial charge in [-0.15, -0.1) is 0 Å². The lowest BCUT2D eigenvalue weighted by atomic mass is 9.94. The Labute approximate surface area is 70.4 Å². The van der Waals surface area contributed by atoms with Gasteiger partial charge in [0.1, 0.15) is 0 Å². The molecule has 66 valence electrons. The van der Waals surface area contributed by atoms with Crippen LogP contribution in [-0.2, 0) is 0 Å². The molecule has 0 aromatic heterocycles. The smallest absolute Gasteiger partial charge is 0.00671 e. The summed E-state index contributed by atoms with van der Waals surface area (Å²) in [6.45, 7) is 4.57. The minimum Gasteiger partial charge on any atom is -0.327 e. The second-order valence-electron chi connectivity index (χ2n) is 4.13.